The van der Waals surface area contributed by atoms with Crippen molar-refractivity contribution in [3.05, 3.63) is 23.7 Å². The Kier molecular flexibility index (Phi) is 4.04. The summed E-state index contributed by atoms with van der Waals surface area (Å²) in [6.07, 6.45) is 0. The van der Waals surface area contributed by atoms with Gasteiger partial charge in [-0.15, -0.1) is 11.6 Å². The van der Waals surface area contributed by atoms with Crippen LogP contribution in [0.25, 0.3) is 11.2 Å². The molecule has 19 heavy (non-hydrogen) atoms. The van der Waals surface area contributed by atoms with Crippen LogP contribution in [0.5, 0.6) is 0 Å². The monoisotopic (exact) mass is 280 g/mol. The lowest BCUT2D eigenvalue weighted by Crippen LogP contribution is -2.25. The molecule has 1 atom stereocenters. The zero-order valence-corrected chi connectivity index (χ0v) is 12.0. The van der Waals surface area contributed by atoms with Gasteiger partial charge in [0.25, 0.3) is 0 Å². The summed E-state index contributed by atoms with van der Waals surface area (Å²) in [5, 5.41) is 2.57. The van der Waals surface area contributed by atoms with Gasteiger partial charge < -0.3 is 9.88 Å². The Bertz CT molecular complexity index is 606. The van der Waals surface area contributed by atoms with Gasteiger partial charge in [-0.2, -0.15) is 0 Å². The molecule has 6 heteroatoms. The van der Waals surface area contributed by atoms with Crippen LogP contribution in [0.2, 0.25) is 0 Å². The fraction of sp³-hybridized carbons (Fsp3) is 0.462. The quantitative estimate of drug-likeness (QED) is 0.873. The Morgan fingerprint density at radius 3 is 2.84 bits per heavy atom. The summed E-state index contributed by atoms with van der Waals surface area (Å²) < 4.78 is 1.97. The number of nitrogens with one attached hydrogen (secondary N) is 1. The number of carbonyl (C=O) groups is 1. The first-order valence-corrected chi connectivity index (χ1v) is 6.65. The van der Waals surface area contributed by atoms with Gasteiger partial charge in [0.2, 0.25) is 5.91 Å². The first-order chi connectivity index (χ1) is 8.99. The molecule has 2 rings (SSSR count). The summed E-state index contributed by atoms with van der Waals surface area (Å²) in [6.45, 7) is 6.46. The van der Waals surface area contributed by atoms with E-state index >= 15 is 0 Å². The molecule has 2 heterocycles. The molecule has 0 radical (unpaired) electrons. The van der Waals surface area contributed by atoms with Crippen molar-refractivity contribution in [2.45, 2.75) is 32.7 Å². The molecular weight excluding hydrogens is 264 g/mol. The molecule has 0 saturated heterocycles. The van der Waals surface area contributed by atoms with Crippen LogP contribution in [-0.4, -0.2) is 27.0 Å². The van der Waals surface area contributed by atoms with Crippen LogP contribution in [0.4, 0.5) is 0 Å². The lowest BCUT2D eigenvalue weighted by atomic mass is 10.3. The Hall–Kier alpha value is -1.62. The topological polar surface area (TPSA) is 59.8 Å². The van der Waals surface area contributed by atoms with Crippen molar-refractivity contribution in [3.63, 3.8) is 0 Å². The third-order valence-corrected chi connectivity index (χ3v) is 3.02. The van der Waals surface area contributed by atoms with Crippen LogP contribution in [0.3, 0.4) is 0 Å². The standard InChI is InChI=1S/C13H17ClN4O/c1-8-4-5-11-13(16-8)18(7-6-15-10(3)19)12(17-11)9(2)14/h4-5,9H,6-7H2,1-3H3,(H,15,19). The number of pyridine rings is 1. The minimum atomic E-state index is -0.202. The number of alkyl halides is 1. The summed E-state index contributed by atoms with van der Waals surface area (Å²) in [5.74, 6) is 0.731. The predicted octanol–water partition coefficient (Wildman–Crippen LogP) is 2.18. The van der Waals surface area contributed by atoms with Crippen LogP contribution < -0.4 is 5.32 Å². The van der Waals surface area contributed by atoms with E-state index in [1.807, 2.05) is 30.5 Å². The van der Waals surface area contributed by atoms with Crippen LogP contribution in [0.15, 0.2) is 12.1 Å². The van der Waals surface area contributed by atoms with E-state index in [-0.39, 0.29) is 11.3 Å². The third-order valence-electron chi connectivity index (χ3n) is 2.83. The normalized spacial score (nSPS) is 12.6. The first kappa shape index (κ1) is 13.8. The minimum absolute atomic E-state index is 0.0472. The second-order valence-corrected chi connectivity index (χ2v) is 5.17. The summed E-state index contributed by atoms with van der Waals surface area (Å²) in [4.78, 5) is 19.9. The smallest absolute Gasteiger partial charge is 0.216 e. The zero-order chi connectivity index (χ0) is 14.0. The van der Waals surface area contributed by atoms with E-state index < -0.39 is 0 Å². The van der Waals surface area contributed by atoms with Crippen molar-refractivity contribution in [2.24, 2.45) is 0 Å². The number of aromatic nitrogens is 3. The van der Waals surface area contributed by atoms with E-state index in [0.717, 1.165) is 22.7 Å². The second kappa shape index (κ2) is 5.57. The predicted molar refractivity (Wildman–Crippen MR) is 75.2 cm³/mol. The maximum Gasteiger partial charge on any atom is 0.216 e. The van der Waals surface area contributed by atoms with Gasteiger partial charge in [-0.05, 0) is 26.0 Å². The molecule has 1 N–H and O–H groups in total. The van der Waals surface area contributed by atoms with Gasteiger partial charge in [-0.3, -0.25) is 4.79 Å². The molecule has 0 aliphatic heterocycles. The molecule has 1 unspecified atom stereocenters. The zero-order valence-electron chi connectivity index (χ0n) is 11.3. The number of aryl methyl sites for hydroxylation is 1. The number of rotatable bonds is 4. The highest BCUT2D eigenvalue weighted by Gasteiger charge is 2.15. The number of halogens is 1. The average Bonchev–Trinajstić information content (AvgIpc) is 2.67. The lowest BCUT2D eigenvalue weighted by Gasteiger charge is -2.10. The average molecular weight is 281 g/mol. The van der Waals surface area contributed by atoms with Gasteiger partial charge in [0, 0.05) is 25.7 Å². The van der Waals surface area contributed by atoms with Gasteiger partial charge >= 0.3 is 0 Å². The van der Waals surface area contributed by atoms with Crippen molar-refractivity contribution in [1.29, 1.82) is 0 Å². The molecule has 0 aromatic carbocycles. The Balaban J connectivity index is 2.39. The number of hydrogen-bond donors (Lipinski definition) is 1. The lowest BCUT2D eigenvalue weighted by molar-refractivity contribution is -0.118. The van der Waals surface area contributed by atoms with Crippen molar-refractivity contribution in [1.82, 2.24) is 19.9 Å². The number of imidazole rings is 1. The van der Waals surface area contributed by atoms with E-state index in [9.17, 15) is 4.79 Å². The number of carbonyl (C=O) groups excluding carboxylic acids is 1. The van der Waals surface area contributed by atoms with Gasteiger partial charge in [0.05, 0.1) is 5.38 Å². The van der Waals surface area contributed by atoms with E-state index in [1.54, 1.807) is 0 Å². The number of nitrogens with zero attached hydrogens (tertiary/aromatic N) is 3. The summed E-state index contributed by atoms with van der Waals surface area (Å²) >= 11 is 6.16. The molecule has 0 spiro atoms. The van der Waals surface area contributed by atoms with Crippen molar-refractivity contribution in [2.75, 3.05) is 6.54 Å². The van der Waals surface area contributed by atoms with Gasteiger partial charge in [0.1, 0.15) is 11.3 Å². The molecule has 0 aliphatic rings. The van der Waals surface area contributed by atoms with Crippen LogP contribution >= 0.6 is 11.6 Å². The van der Waals surface area contributed by atoms with Crippen LogP contribution in [-0.2, 0) is 11.3 Å². The van der Waals surface area contributed by atoms with Crippen LogP contribution in [0, 0.1) is 6.92 Å². The van der Waals surface area contributed by atoms with Crippen LogP contribution in [0.1, 0.15) is 30.7 Å². The summed E-state index contributed by atoms with van der Waals surface area (Å²) in [6, 6.07) is 3.87. The molecule has 102 valence electrons. The first-order valence-electron chi connectivity index (χ1n) is 6.21. The molecule has 1 amide bonds. The Morgan fingerprint density at radius 2 is 2.21 bits per heavy atom. The maximum atomic E-state index is 10.9. The van der Waals surface area contributed by atoms with Crippen molar-refractivity contribution >= 4 is 28.7 Å². The van der Waals surface area contributed by atoms with Gasteiger partial charge in [-0.25, -0.2) is 9.97 Å². The SMILES string of the molecule is CC(=O)NCCn1c(C(C)Cl)nc2ccc(C)nc21. The molecule has 5 nitrogen and oxygen atoms in total. The minimum Gasteiger partial charge on any atom is -0.355 e. The van der Waals surface area contributed by atoms with E-state index in [1.165, 1.54) is 6.92 Å². The summed E-state index contributed by atoms with van der Waals surface area (Å²) in [5.41, 5.74) is 2.57. The maximum absolute atomic E-state index is 10.9. The molecular formula is C13H17ClN4O. The molecule has 0 bridgehead atoms. The van der Waals surface area contributed by atoms with Crippen molar-refractivity contribution in [3.8, 4) is 0 Å². The fourth-order valence-corrected chi connectivity index (χ4v) is 2.15. The van der Waals surface area contributed by atoms with Gasteiger partial charge in [0.15, 0.2) is 5.65 Å². The van der Waals surface area contributed by atoms with Crippen molar-refractivity contribution < 1.29 is 4.79 Å². The second-order valence-electron chi connectivity index (χ2n) is 4.52. The van der Waals surface area contributed by atoms with E-state index in [4.69, 9.17) is 11.6 Å². The Morgan fingerprint density at radius 1 is 1.47 bits per heavy atom. The van der Waals surface area contributed by atoms with E-state index in [2.05, 4.69) is 15.3 Å². The number of fused-ring (bicyclic) bond motifs is 1. The number of amides is 1. The fourth-order valence-electron chi connectivity index (χ4n) is 1.98. The summed E-state index contributed by atoms with van der Waals surface area (Å²) in [7, 11) is 0. The highest BCUT2D eigenvalue weighted by molar-refractivity contribution is 6.20. The molecule has 0 fully saturated rings. The molecule has 0 aliphatic carbocycles. The Labute approximate surface area is 117 Å². The molecule has 2 aromatic rings. The molecule has 2 aromatic heterocycles. The third kappa shape index (κ3) is 3.04. The van der Waals surface area contributed by atoms with Gasteiger partial charge in [-0.1, -0.05) is 0 Å². The molecule has 0 saturated carbocycles. The largest absolute Gasteiger partial charge is 0.355 e. The number of hydrogen-bond acceptors (Lipinski definition) is 3. The highest BCUT2D eigenvalue weighted by Crippen LogP contribution is 2.23. The van der Waals surface area contributed by atoms with E-state index in [0.29, 0.717) is 13.1 Å². The highest BCUT2D eigenvalue weighted by atomic mass is 35.5.